The minimum absolute atomic E-state index is 0.101. The van der Waals surface area contributed by atoms with Gasteiger partial charge in [0.25, 0.3) is 0 Å². The third kappa shape index (κ3) is 3.44. The van der Waals surface area contributed by atoms with E-state index in [-0.39, 0.29) is 22.6 Å². The number of halogens is 1. The molecule has 0 amide bonds. The summed E-state index contributed by atoms with van der Waals surface area (Å²) in [5.74, 6) is -0.202. The minimum Gasteiger partial charge on any atom is -0.361 e. The molecule has 1 aromatic carbocycles. The first-order chi connectivity index (χ1) is 8.87. The molecule has 0 atom stereocenters. The number of benzene rings is 1. The number of Topliss-reactive ketones (excluding diaryl/α,β-unsaturated/α-hetero) is 2. The summed E-state index contributed by atoms with van der Waals surface area (Å²) >= 11 is 5.87. The monoisotopic (exact) mass is 277 g/mol. The average Bonchev–Trinajstić information content (AvgIpc) is 2.26. The van der Waals surface area contributed by atoms with Crippen molar-refractivity contribution in [3.8, 4) is 0 Å². The lowest BCUT2D eigenvalue weighted by molar-refractivity contribution is -0.127. The van der Waals surface area contributed by atoms with E-state index in [1.54, 1.807) is 18.2 Å². The van der Waals surface area contributed by atoms with Crippen LogP contribution in [0.4, 0.5) is 5.69 Å². The maximum atomic E-state index is 12.0. The van der Waals surface area contributed by atoms with E-state index in [0.29, 0.717) is 17.9 Å². The molecule has 0 unspecified atom stereocenters. The number of ketones is 2. The molecule has 0 aliphatic heterocycles. The van der Waals surface area contributed by atoms with E-state index >= 15 is 0 Å². The highest BCUT2D eigenvalue weighted by atomic mass is 35.5. The fourth-order valence-corrected chi connectivity index (χ4v) is 2.36. The van der Waals surface area contributed by atoms with Crippen LogP contribution in [0.15, 0.2) is 36.0 Å². The number of carbonyl (C=O) groups excluding carboxylic acids is 2. The summed E-state index contributed by atoms with van der Waals surface area (Å²) in [6.07, 6.45) is 2.30. The van der Waals surface area contributed by atoms with E-state index < -0.39 is 0 Å². The van der Waals surface area contributed by atoms with Crippen LogP contribution in [-0.4, -0.2) is 11.6 Å². The maximum Gasteiger partial charge on any atom is 0.168 e. The quantitative estimate of drug-likeness (QED) is 0.664. The molecule has 0 heterocycles. The Morgan fingerprint density at radius 1 is 1.21 bits per heavy atom. The van der Waals surface area contributed by atoms with Gasteiger partial charge in [-0.15, -0.1) is 0 Å². The van der Waals surface area contributed by atoms with Gasteiger partial charge in [0.15, 0.2) is 11.6 Å². The lowest BCUT2D eigenvalue weighted by Gasteiger charge is -2.28. The molecule has 0 aromatic heterocycles. The summed E-state index contributed by atoms with van der Waals surface area (Å²) in [7, 11) is 0. The molecule has 1 aliphatic carbocycles. The summed E-state index contributed by atoms with van der Waals surface area (Å²) in [6.45, 7) is 3.87. The Balaban J connectivity index is 2.15. The van der Waals surface area contributed by atoms with Crippen molar-refractivity contribution in [3.05, 3.63) is 41.1 Å². The first-order valence-electron chi connectivity index (χ1n) is 6.16. The first-order valence-corrected chi connectivity index (χ1v) is 6.54. The van der Waals surface area contributed by atoms with Crippen molar-refractivity contribution in [2.75, 3.05) is 5.32 Å². The largest absolute Gasteiger partial charge is 0.361 e. The molecule has 4 heteroatoms. The van der Waals surface area contributed by atoms with E-state index in [1.165, 1.54) is 6.20 Å². The van der Waals surface area contributed by atoms with E-state index in [0.717, 1.165) is 5.69 Å². The highest BCUT2D eigenvalue weighted by Crippen LogP contribution is 2.33. The van der Waals surface area contributed by atoms with Crippen LogP contribution in [0.5, 0.6) is 0 Å². The molecule has 2 rings (SSSR count). The van der Waals surface area contributed by atoms with Gasteiger partial charge in [-0.05, 0) is 23.6 Å². The molecule has 0 radical (unpaired) electrons. The first kappa shape index (κ1) is 13.8. The van der Waals surface area contributed by atoms with E-state index in [9.17, 15) is 9.59 Å². The Morgan fingerprint density at radius 3 is 2.42 bits per heavy atom. The number of rotatable bonds is 2. The number of anilines is 1. The smallest absolute Gasteiger partial charge is 0.168 e. The molecular weight excluding hydrogens is 262 g/mol. The van der Waals surface area contributed by atoms with E-state index in [4.69, 9.17) is 11.6 Å². The molecule has 1 aliphatic rings. The van der Waals surface area contributed by atoms with Crippen molar-refractivity contribution < 1.29 is 9.59 Å². The zero-order valence-electron chi connectivity index (χ0n) is 11.0. The summed E-state index contributed by atoms with van der Waals surface area (Å²) in [5, 5.41) is 3.56. The summed E-state index contributed by atoms with van der Waals surface area (Å²) in [5.41, 5.74) is 0.770. The number of allylic oxidation sites excluding steroid dienone is 1. The molecule has 0 saturated heterocycles. The van der Waals surface area contributed by atoms with Gasteiger partial charge in [-0.3, -0.25) is 9.59 Å². The second kappa shape index (κ2) is 5.17. The Labute approximate surface area is 117 Å². The van der Waals surface area contributed by atoms with Gasteiger partial charge in [0.05, 0.1) is 5.57 Å². The topological polar surface area (TPSA) is 46.2 Å². The lowest BCUT2D eigenvalue weighted by atomic mass is 9.74. The van der Waals surface area contributed by atoms with Crippen molar-refractivity contribution >= 4 is 28.9 Å². The minimum atomic E-state index is -0.235. The highest BCUT2D eigenvalue weighted by molar-refractivity contribution is 6.30. The Hall–Kier alpha value is -1.61. The van der Waals surface area contributed by atoms with Gasteiger partial charge in [0, 0.05) is 29.8 Å². The van der Waals surface area contributed by atoms with Crippen LogP contribution in [0.25, 0.3) is 0 Å². The third-order valence-corrected chi connectivity index (χ3v) is 3.32. The van der Waals surface area contributed by atoms with Crippen LogP contribution < -0.4 is 5.32 Å². The molecule has 1 N–H and O–H groups in total. The van der Waals surface area contributed by atoms with Gasteiger partial charge >= 0.3 is 0 Å². The van der Waals surface area contributed by atoms with Crippen molar-refractivity contribution in [1.82, 2.24) is 0 Å². The molecular formula is C15H16ClNO2. The van der Waals surface area contributed by atoms with Gasteiger partial charge in [-0.1, -0.05) is 31.5 Å². The molecule has 0 bridgehead atoms. The summed E-state index contributed by atoms with van der Waals surface area (Å²) in [4.78, 5) is 23.9. The molecule has 1 aromatic rings. The normalized spacial score (nSPS) is 18.4. The van der Waals surface area contributed by atoms with Crippen molar-refractivity contribution in [1.29, 1.82) is 0 Å². The van der Waals surface area contributed by atoms with Crippen molar-refractivity contribution in [2.45, 2.75) is 26.7 Å². The second-order valence-electron chi connectivity index (χ2n) is 5.58. The van der Waals surface area contributed by atoms with E-state index in [2.05, 4.69) is 5.32 Å². The zero-order chi connectivity index (χ0) is 14.0. The molecule has 100 valence electrons. The third-order valence-electron chi connectivity index (χ3n) is 3.09. The van der Waals surface area contributed by atoms with Gasteiger partial charge in [0.2, 0.25) is 0 Å². The fourth-order valence-electron chi connectivity index (χ4n) is 2.17. The summed E-state index contributed by atoms with van der Waals surface area (Å²) < 4.78 is 0. The molecule has 1 fully saturated rings. The standard InChI is InChI=1S/C15H16ClNO2/c1-15(2)7-13(18)12(14(19)8-15)9-17-11-5-3-4-10(16)6-11/h3-6,9,17H,7-8H2,1-2H3. The predicted octanol–water partition coefficient (Wildman–Crippen LogP) is 3.59. The molecule has 19 heavy (non-hydrogen) atoms. The van der Waals surface area contributed by atoms with E-state index in [1.807, 2.05) is 19.9 Å². The van der Waals surface area contributed by atoms with Gasteiger partial charge in [0.1, 0.15) is 0 Å². The molecule has 0 spiro atoms. The lowest BCUT2D eigenvalue weighted by Crippen LogP contribution is -2.31. The van der Waals surface area contributed by atoms with Crippen molar-refractivity contribution in [2.24, 2.45) is 5.41 Å². The molecule has 3 nitrogen and oxygen atoms in total. The maximum absolute atomic E-state index is 12.0. The van der Waals surface area contributed by atoms with Gasteiger partial charge in [-0.2, -0.15) is 0 Å². The Bertz CT molecular complexity index is 539. The SMILES string of the molecule is CC1(C)CC(=O)C(=CNc2cccc(Cl)c2)C(=O)C1. The molecule has 1 saturated carbocycles. The summed E-state index contributed by atoms with van der Waals surface area (Å²) in [6, 6.07) is 7.13. The van der Waals surface area contributed by atoms with Crippen LogP contribution in [0, 0.1) is 5.41 Å². The average molecular weight is 278 g/mol. The van der Waals surface area contributed by atoms with Crippen LogP contribution in [0.3, 0.4) is 0 Å². The van der Waals surface area contributed by atoms with Crippen LogP contribution in [-0.2, 0) is 9.59 Å². The van der Waals surface area contributed by atoms with Gasteiger partial charge < -0.3 is 5.32 Å². The number of nitrogens with one attached hydrogen (secondary N) is 1. The predicted molar refractivity (Wildman–Crippen MR) is 76.2 cm³/mol. The zero-order valence-corrected chi connectivity index (χ0v) is 11.8. The Kier molecular flexibility index (Phi) is 3.76. The van der Waals surface area contributed by atoms with Crippen LogP contribution in [0.1, 0.15) is 26.7 Å². The number of hydrogen-bond acceptors (Lipinski definition) is 3. The number of carbonyl (C=O) groups is 2. The van der Waals surface area contributed by atoms with Gasteiger partial charge in [-0.25, -0.2) is 0 Å². The van der Waals surface area contributed by atoms with Crippen LogP contribution in [0.2, 0.25) is 5.02 Å². The number of hydrogen-bond donors (Lipinski definition) is 1. The Morgan fingerprint density at radius 2 is 1.84 bits per heavy atom. The van der Waals surface area contributed by atoms with Crippen LogP contribution >= 0.6 is 11.6 Å². The second-order valence-corrected chi connectivity index (χ2v) is 6.01. The van der Waals surface area contributed by atoms with Crippen molar-refractivity contribution in [3.63, 3.8) is 0 Å². The fraction of sp³-hybridized carbons (Fsp3) is 0.333. The highest BCUT2D eigenvalue weighted by Gasteiger charge is 2.35.